The summed E-state index contributed by atoms with van der Waals surface area (Å²) in [6.07, 6.45) is 4.12. The molecule has 154 valence electrons. The molecule has 30 heavy (non-hydrogen) atoms. The molecule has 0 N–H and O–H groups in total. The first kappa shape index (κ1) is 19.0. The van der Waals surface area contributed by atoms with Crippen LogP contribution in [0.3, 0.4) is 0 Å². The summed E-state index contributed by atoms with van der Waals surface area (Å²) in [5.41, 5.74) is 3.43. The molecule has 2 fully saturated rings. The SMILES string of the molecule is O=C(Cn1cc(-c2ccccc2)nn1)N1CCC2(CCN(Cc3ccccc3)C2)C1. The fourth-order valence-electron chi connectivity index (χ4n) is 4.84. The summed E-state index contributed by atoms with van der Waals surface area (Å²) in [6.45, 7) is 5.14. The van der Waals surface area contributed by atoms with Gasteiger partial charge in [-0.15, -0.1) is 5.10 Å². The van der Waals surface area contributed by atoms with Crippen molar-refractivity contribution < 1.29 is 4.79 Å². The predicted octanol–water partition coefficient (Wildman–Crippen LogP) is 3.07. The number of carbonyl (C=O) groups is 1. The third-order valence-corrected chi connectivity index (χ3v) is 6.46. The quantitative estimate of drug-likeness (QED) is 0.659. The lowest BCUT2D eigenvalue weighted by Crippen LogP contribution is -2.35. The second-order valence-corrected chi connectivity index (χ2v) is 8.68. The van der Waals surface area contributed by atoms with Crippen LogP contribution in [0, 0.1) is 5.41 Å². The van der Waals surface area contributed by atoms with Gasteiger partial charge in [0.15, 0.2) is 0 Å². The van der Waals surface area contributed by atoms with E-state index in [9.17, 15) is 4.79 Å². The zero-order chi connectivity index (χ0) is 20.4. The van der Waals surface area contributed by atoms with Gasteiger partial charge in [0.2, 0.25) is 5.91 Å². The van der Waals surface area contributed by atoms with Crippen LogP contribution in [0.4, 0.5) is 0 Å². The van der Waals surface area contributed by atoms with Crippen LogP contribution in [0.5, 0.6) is 0 Å². The van der Waals surface area contributed by atoms with Crippen molar-refractivity contribution in [1.29, 1.82) is 0 Å². The Morgan fingerprint density at radius 2 is 1.67 bits per heavy atom. The maximum absolute atomic E-state index is 12.9. The highest BCUT2D eigenvalue weighted by Gasteiger charge is 2.44. The van der Waals surface area contributed by atoms with Gasteiger partial charge in [-0.25, -0.2) is 4.68 Å². The van der Waals surface area contributed by atoms with Crippen LogP contribution < -0.4 is 0 Å². The van der Waals surface area contributed by atoms with E-state index in [2.05, 4.69) is 45.5 Å². The smallest absolute Gasteiger partial charge is 0.244 e. The van der Waals surface area contributed by atoms with Crippen molar-refractivity contribution in [3.63, 3.8) is 0 Å². The summed E-state index contributed by atoms with van der Waals surface area (Å²) in [5, 5.41) is 8.39. The Labute approximate surface area is 177 Å². The molecule has 6 nitrogen and oxygen atoms in total. The van der Waals surface area contributed by atoms with Crippen molar-refractivity contribution in [1.82, 2.24) is 24.8 Å². The predicted molar refractivity (Wildman–Crippen MR) is 115 cm³/mol. The molecule has 3 heterocycles. The lowest BCUT2D eigenvalue weighted by molar-refractivity contribution is -0.131. The topological polar surface area (TPSA) is 54.3 Å². The highest BCUT2D eigenvalue weighted by atomic mass is 16.2. The number of likely N-dealkylation sites (tertiary alicyclic amines) is 2. The summed E-state index contributed by atoms with van der Waals surface area (Å²) in [5.74, 6) is 0.137. The van der Waals surface area contributed by atoms with Crippen LogP contribution in [0.1, 0.15) is 18.4 Å². The van der Waals surface area contributed by atoms with Gasteiger partial charge in [-0.1, -0.05) is 65.9 Å². The molecule has 1 aromatic heterocycles. The van der Waals surface area contributed by atoms with Crippen LogP contribution in [0.15, 0.2) is 66.9 Å². The second-order valence-electron chi connectivity index (χ2n) is 8.68. The van der Waals surface area contributed by atoms with Gasteiger partial charge < -0.3 is 4.90 Å². The molecule has 2 aliphatic rings. The molecule has 0 radical (unpaired) electrons. The highest BCUT2D eigenvalue weighted by Crippen LogP contribution is 2.40. The van der Waals surface area contributed by atoms with Crippen molar-refractivity contribution >= 4 is 5.91 Å². The van der Waals surface area contributed by atoms with E-state index in [-0.39, 0.29) is 17.9 Å². The number of carbonyl (C=O) groups excluding carboxylic acids is 1. The van der Waals surface area contributed by atoms with E-state index in [1.807, 2.05) is 41.4 Å². The Morgan fingerprint density at radius 1 is 0.933 bits per heavy atom. The van der Waals surface area contributed by atoms with Crippen molar-refractivity contribution in [3.05, 3.63) is 72.4 Å². The van der Waals surface area contributed by atoms with Crippen LogP contribution in [0.25, 0.3) is 11.3 Å². The summed E-state index contributed by atoms with van der Waals surface area (Å²) in [6, 6.07) is 20.6. The van der Waals surface area contributed by atoms with Gasteiger partial charge in [0.25, 0.3) is 0 Å². The number of aromatic nitrogens is 3. The minimum absolute atomic E-state index is 0.137. The average Bonchev–Trinajstić information content (AvgIpc) is 3.51. The third-order valence-electron chi connectivity index (χ3n) is 6.46. The Hall–Kier alpha value is -2.99. The van der Waals surface area contributed by atoms with Gasteiger partial charge in [0.05, 0.1) is 6.20 Å². The van der Waals surface area contributed by atoms with Gasteiger partial charge in [0.1, 0.15) is 12.2 Å². The number of benzene rings is 2. The number of hydrogen-bond acceptors (Lipinski definition) is 4. The van der Waals surface area contributed by atoms with E-state index >= 15 is 0 Å². The fraction of sp³-hybridized carbons (Fsp3) is 0.375. The molecule has 2 saturated heterocycles. The first-order valence-electron chi connectivity index (χ1n) is 10.7. The normalized spacial score (nSPS) is 21.5. The van der Waals surface area contributed by atoms with Gasteiger partial charge >= 0.3 is 0 Å². The van der Waals surface area contributed by atoms with E-state index in [0.29, 0.717) is 0 Å². The Bertz CT molecular complexity index is 1000. The average molecular weight is 402 g/mol. The Kier molecular flexibility index (Phi) is 5.09. The first-order valence-corrected chi connectivity index (χ1v) is 10.7. The maximum Gasteiger partial charge on any atom is 0.244 e. The molecular formula is C24H27N5O. The molecule has 1 spiro atoms. The first-order chi connectivity index (χ1) is 14.7. The van der Waals surface area contributed by atoms with Gasteiger partial charge in [-0.2, -0.15) is 0 Å². The zero-order valence-electron chi connectivity index (χ0n) is 17.2. The lowest BCUT2D eigenvalue weighted by atomic mass is 9.86. The van der Waals surface area contributed by atoms with Crippen molar-refractivity contribution in [2.45, 2.75) is 25.9 Å². The molecule has 0 aliphatic carbocycles. The largest absolute Gasteiger partial charge is 0.340 e. The van der Waals surface area contributed by atoms with Crippen LogP contribution in [0.2, 0.25) is 0 Å². The summed E-state index contributed by atoms with van der Waals surface area (Å²) >= 11 is 0. The summed E-state index contributed by atoms with van der Waals surface area (Å²) in [7, 11) is 0. The Balaban J connectivity index is 1.17. The molecule has 0 saturated carbocycles. The van der Waals surface area contributed by atoms with Crippen LogP contribution >= 0.6 is 0 Å². The zero-order valence-corrected chi connectivity index (χ0v) is 17.2. The minimum Gasteiger partial charge on any atom is -0.340 e. The molecule has 2 aromatic carbocycles. The monoisotopic (exact) mass is 401 g/mol. The van der Waals surface area contributed by atoms with Crippen molar-refractivity contribution in [2.24, 2.45) is 5.41 Å². The van der Waals surface area contributed by atoms with E-state index in [1.165, 1.54) is 12.0 Å². The molecule has 2 aliphatic heterocycles. The standard InChI is InChI=1S/C24H27N5O/c30-23(17-29-16-22(25-26-29)21-9-5-2-6-10-21)28-14-12-24(19-28)11-13-27(18-24)15-20-7-3-1-4-8-20/h1-10,16H,11-15,17-19H2. The molecule has 1 amide bonds. The van der Waals surface area contributed by atoms with Crippen LogP contribution in [-0.4, -0.2) is 56.9 Å². The molecular weight excluding hydrogens is 374 g/mol. The lowest BCUT2D eigenvalue weighted by Gasteiger charge is -2.25. The van der Waals surface area contributed by atoms with Gasteiger partial charge in [-0.3, -0.25) is 9.69 Å². The molecule has 5 rings (SSSR count). The maximum atomic E-state index is 12.9. The van der Waals surface area contributed by atoms with Crippen LogP contribution in [-0.2, 0) is 17.9 Å². The number of rotatable bonds is 5. The van der Waals surface area contributed by atoms with E-state index in [4.69, 9.17) is 0 Å². The number of nitrogens with zero attached hydrogens (tertiary/aromatic N) is 5. The van der Waals surface area contributed by atoms with Gasteiger partial charge in [-0.05, 0) is 24.9 Å². The second kappa shape index (κ2) is 8.03. The number of hydrogen-bond donors (Lipinski definition) is 0. The van der Waals surface area contributed by atoms with E-state index in [1.54, 1.807) is 4.68 Å². The highest BCUT2D eigenvalue weighted by molar-refractivity contribution is 5.76. The summed E-state index contributed by atoms with van der Waals surface area (Å²) < 4.78 is 1.66. The third kappa shape index (κ3) is 4.00. The van der Waals surface area contributed by atoms with Crippen molar-refractivity contribution in [3.8, 4) is 11.3 Å². The molecule has 1 unspecified atom stereocenters. The molecule has 3 aromatic rings. The molecule has 6 heteroatoms. The van der Waals surface area contributed by atoms with Crippen molar-refractivity contribution in [2.75, 3.05) is 26.2 Å². The Morgan fingerprint density at radius 3 is 2.47 bits per heavy atom. The summed E-state index contributed by atoms with van der Waals surface area (Å²) in [4.78, 5) is 17.5. The minimum atomic E-state index is 0.137. The number of amides is 1. The molecule has 1 atom stereocenters. The van der Waals surface area contributed by atoms with E-state index in [0.717, 1.165) is 50.4 Å². The molecule has 0 bridgehead atoms. The van der Waals surface area contributed by atoms with E-state index < -0.39 is 0 Å². The van der Waals surface area contributed by atoms with Gasteiger partial charge in [0, 0.05) is 37.2 Å². The fourth-order valence-corrected chi connectivity index (χ4v) is 4.84.